The summed E-state index contributed by atoms with van der Waals surface area (Å²) >= 11 is 0. The Morgan fingerprint density at radius 1 is 1.29 bits per heavy atom. The molecule has 0 saturated carbocycles. The van der Waals surface area contributed by atoms with Gasteiger partial charge in [-0.2, -0.15) is 0 Å². The fourth-order valence-corrected chi connectivity index (χ4v) is 1.87. The molecule has 0 heterocycles. The first kappa shape index (κ1) is 14.4. The third kappa shape index (κ3) is 3.33. The minimum Gasteiger partial charge on any atom is -0.478 e. The van der Waals surface area contributed by atoms with Crippen molar-refractivity contribution in [2.75, 3.05) is 5.32 Å². The van der Waals surface area contributed by atoms with Crippen LogP contribution in [0.15, 0.2) is 42.5 Å². The Bertz CT molecular complexity index is 703. The zero-order valence-corrected chi connectivity index (χ0v) is 10.7. The Kier molecular flexibility index (Phi) is 4.13. The lowest BCUT2D eigenvalue weighted by atomic mass is 10.1. The predicted octanol–water partition coefficient (Wildman–Crippen LogP) is 3.04. The van der Waals surface area contributed by atoms with E-state index in [-0.39, 0.29) is 17.9 Å². The normalized spacial score (nSPS) is 10.1. The van der Waals surface area contributed by atoms with Crippen LogP contribution in [0.5, 0.6) is 0 Å². The van der Waals surface area contributed by atoms with Crippen LogP contribution in [0.1, 0.15) is 15.9 Å². The molecule has 0 spiro atoms. The smallest absolute Gasteiger partial charge is 0.340 e. The molecule has 0 aromatic heterocycles. The number of nitro benzene ring substituents is 1. The Hall–Kier alpha value is -2.96. The number of benzene rings is 2. The number of hydrogen-bond donors (Lipinski definition) is 2. The molecule has 0 aliphatic heterocycles. The van der Waals surface area contributed by atoms with Crippen LogP contribution >= 0.6 is 0 Å². The molecule has 21 heavy (non-hydrogen) atoms. The summed E-state index contributed by atoms with van der Waals surface area (Å²) in [4.78, 5) is 21.2. The van der Waals surface area contributed by atoms with E-state index in [2.05, 4.69) is 5.32 Å². The van der Waals surface area contributed by atoms with E-state index in [1.165, 1.54) is 30.3 Å². The number of aromatic carboxylic acids is 1. The molecule has 0 fully saturated rings. The fourth-order valence-electron chi connectivity index (χ4n) is 1.87. The second-order valence-corrected chi connectivity index (χ2v) is 4.25. The molecule has 0 amide bonds. The first-order chi connectivity index (χ1) is 9.99. The highest BCUT2D eigenvalue weighted by Gasteiger charge is 2.15. The molecule has 0 aliphatic rings. The number of carbonyl (C=O) groups is 1. The molecule has 2 aromatic rings. The summed E-state index contributed by atoms with van der Waals surface area (Å²) in [6.45, 7) is 0.144. The summed E-state index contributed by atoms with van der Waals surface area (Å²) < 4.78 is 13.5. The van der Waals surface area contributed by atoms with Gasteiger partial charge in [-0.1, -0.05) is 18.2 Å². The molecule has 2 rings (SSSR count). The standard InChI is InChI=1S/C14H11FN2O4/c15-11-5-2-6-12(13(11)14(18)19)16-8-9-3-1-4-10(7-9)17(20)21/h1-7,16H,8H2,(H,18,19). The van der Waals surface area contributed by atoms with Crippen molar-refractivity contribution in [3.05, 3.63) is 69.5 Å². The van der Waals surface area contributed by atoms with Crippen LogP contribution < -0.4 is 5.32 Å². The first-order valence-electron chi connectivity index (χ1n) is 5.98. The highest BCUT2D eigenvalue weighted by Crippen LogP contribution is 2.20. The maximum Gasteiger partial charge on any atom is 0.340 e. The van der Waals surface area contributed by atoms with E-state index in [9.17, 15) is 19.3 Å². The van der Waals surface area contributed by atoms with Crippen LogP contribution in [0.25, 0.3) is 0 Å². The summed E-state index contributed by atoms with van der Waals surface area (Å²) in [6, 6.07) is 9.78. The highest BCUT2D eigenvalue weighted by atomic mass is 19.1. The largest absolute Gasteiger partial charge is 0.478 e. The lowest BCUT2D eigenvalue weighted by Crippen LogP contribution is -2.08. The molecule has 2 aromatic carbocycles. The van der Waals surface area contributed by atoms with Gasteiger partial charge < -0.3 is 10.4 Å². The van der Waals surface area contributed by atoms with E-state index in [0.29, 0.717) is 5.56 Å². The van der Waals surface area contributed by atoms with Crippen molar-refractivity contribution in [1.29, 1.82) is 0 Å². The zero-order valence-electron chi connectivity index (χ0n) is 10.7. The maximum absolute atomic E-state index is 13.5. The summed E-state index contributed by atoms with van der Waals surface area (Å²) in [6.07, 6.45) is 0. The molecule has 0 atom stereocenters. The van der Waals surface area contributed by atoms with Crippen molar-refractivity contribution < 1.29 is 19.2 Å². The second kappa shape index (κ2) is 6.00. The van der Waals surface area contributed by atoms with E-state index < -0.39 is 22.3 Å². The lowest BCUT2D eigenvalue weighted by Gasteiger charge is -2.10. The quantitative estimate of drug-likeness (QED) is 0.652. The Balaban J connectivity index is 2.21. The minimum absolute atomic E-state index is 0.0630. The van der Waals surface area contributed by atoms with Gasteiger partial charge in [-0.3, -0.25) is 10.1 Å². The molecule has 0 bridgehead atoms. The summed E-state index contributed by atoms with van der Waals surface area (Å²) in [5.74, 6) is -2.22. The predicted molar refractivity (Wildman–Crippen MR) is 73.8 cm³/mol. The number of rotatable bonds is 5. The molecular weight excluding hydrogens is 279 g/mol. The van der Waals surface area contributed by atoms with E-state index in [4.69, 9.17) is 5.11 Å². The SMILES string of the molecule is O=C(O)c1c(F)cccc1NCc1cccc([N+](=O)[O-])c1. The third-order valence-corrected chi connectivity index (χ3v) is 2.83. The van der Waals surface area contributed by atoms with Crippen LogP contribution in [-0.4, -0.2) is 16.0 Å². The molecule has 0 aliphatic carbocycles. The monoisotopic (exact) mass is 290 g/mol. The Morgan fingerprint density at radius 3 is 2.67 bits per heavy atom. The molecule has 0 unspecified atom stereocenters. The molecule has 108 valence electrons. The van der Waals surface area contributed by atoms with Crippen LogP contribution in [0.3, 0.4) is 0 Å². The van der Waals surface area contributed by atoms with Gasteiger partial charge in [0.25, 0.3) is 5.69 Å². The van der Waals surface area contributed by atoms with Gasteiger partial charge in [-0.15, -0.1) is 0 Å². The lowest BCUT2D eigenvalue weighted by molar-refractivity contribution is -0.384. The van der Waals surface area contributed by atoms with E-state index in [0.717, 1.165) is 6.07 Å². The van der Waals surface area contributed by atoms with Gasteiger partial charge in [0.2, 0.25) is 0 Å². The van der Waals surface area contributed by atoms with Gasteiger partial charge in [0.05, 0.1) is 10.6 Å². The summed E-state index contributed by atoms with van der Waals surface area (Å²) in [5, 5.41) is 22.4. The van der Waals surface area contributed by atoms with Crippen molar-refractivity contribution in [2.24, 2.45) is 0 Å². The van der Waals surface area contributed by atoms with E-state index in [1.54, 1.807) is 6.07 Å². The number of carboxylic acids is 1. The van der Waals surface area contributed by atoms with Gasteiger partial charge in [0.1, 0.15) is 11.4 Å². The van der Waals surface area contributed by atoms with Gasteiger partial charge in [0.15, 0.2) is 0 Å². The average Bonchev–Trinajstić information content (AvgIpc) is 2.45. The fraction of sp³-hybridized carbons (Fsp3) is 0.0714. The van der Waals surface area contributed by atoms with Crippen LogP contribution in [0, 0.1) is 15.9 Å². The van der Waals surface area contributed by atoms with Crippen molar-refractivity contribution in [3.63, 3.8) is 0 Å². The van der Waals surface area contributed by atoms with Crippen molar-refractivity contribution in [1.82, 2.24) is 0 Å². The number of carboxylic acid groups (broad SMARTS) is 1. The number of hydrogen-bond acceptors (Lipinski definition) is 4. The topological polar surface area (TPSA) is 92.5 Å². The van der Waals surface area contributed by atoms with Crippen molar-refractivity contribution >= 4 is 17.3 Å². The zero-order chi connectivity index (χ0) is 15.4. The second-order valence-electron chi connectivity index (χ2n) is 4.25. The van der Waals surface area contributed by atoms with E-state index in [1.807, 2.05) is 0 Å². The van der Waals surface area contributed by atoms with Gasteiger partial charge in [-0.05, 0) is 17.7 Å². The summed E-state index contributed by atoms with van der Waals surface area (Å²) in [5.41, 5.74) is 0.189. The molecule has 6 nitrogen and oxygen atoms in total. The minimum atomic E-state index is -1.38. The van der Waals surface area contributed by atoms with Crippen LogP contribution in [0.2, 0.25) is 0 Å². The summed E-state index contributed by atoms with van der Waals surface area (Å²) in [7, 11) is 0. The van der Waals surface area contributed by atoms with Crippen LogP contribution in [-0.2, 0) is 6.54 Å². The Morgan fingerprint density at radius 2 is 2.00 bits per heavy atom. The maximum atomic E-state index is 13.5. The highest BCUT2D eigenvalue weighted by molar-refractivity contribution is 5.94. The molecule has 0 radical (unpaired) electrons. The number of nitrogens with zero attached hydrogens (tertiary/aromatic N) is 1. The van der Waals surface area contributed by atoms with Gasteiger partial charge >= 0.3 is 5.97 Å². The van der Waals surface area contributed by atoms with Crippen LogP contribution in [0.4, 0.5) is 15.8 Å². The van der Waals surface area contributed by atoms with Gasteiger partial charge in [0, 0.05) is 18.7 Å². The number of nitro groups is 1. The van der Waals surface area contributed by atoms with E-state index >= 15 is 0 Å². The number of halogens is 1. The third-order valence-electron chi connectivity index (χ3n) is 2.83. The van der Waals surface area contributed by atoms with Crippen molar-refractivity contribution in [2.45, 2.75) is 6.54 Å². The molecule has 7 heteroatoms. The molecule has 0 saturated heterocycles. The first-order valence-corrected chi connectivity index (χ1v) is 5.98. The Labute approximate surface area is 119 Å². The number of nitrogens with one attached hydrogen (secondary N) is 1. The number of non-ortho nitro benzene ring substituents is 1. The molecule has 2 N–H and O–H groups in total. The molecular formula is C14H11FN2O4. The average molecular weight is 290 g/mol. The van der Waals surface area contributed by atoms with Gasteiger partial charge in [-0.25, -0.2) is 9.18 Å². The number of anilines is 1. The van der Waals surface area contributed by atoms with Crippen molar-refractivity contribution in [3.8, 4) is 0 Å².